The van der Waals surface area contributed by atoms with Crippen LogP contribution in [0.2, 0.25) is 0 Å². The highest BCUT2D eigenvalue weighted by Crippen LogP contribution is 2.23. The molecule has 0 aliphatic carbocycles. The molecular formula is C24H27F2N7O2. The van der Waals surface area contributed by atoms with E-state index in [0.717, 1.165) is 44.4 Å². The first kappa shape index (κ1) is 24.6. The van der Waals surface area contributed by atoms with Gasteiger partial charge in [0, 0.05) is 51.2 Å². The standard InChI is InChI=1S/C24H27F2N7O2/c1-32-8-10-33(11-9-32)12-13-35-24-29-15-19(23(26)31-24)18-4-2-17(3-5-18)14-22(34)28-16-21-27-7-6-20(25)30-21/h2-7,15H,8-14,16H2,1H3,(H,28,34). The van der Waals surface area contributed by atoms with Crippen molar-refractivity contribution in [2.75, 3.05) is 46.4 Å². The summed E-state index contributed by atoms with van der Waals surface area (Å²) in [5, 5.41) is 2.65. The lowest BCUT2D eigenvalue weighted by molar-refractivity contribution is -0.120. The Morgan fingerprint density at radius 2 is 1.83 bits per heavy atom. The molecule has 9 nitrogen and oxygen atoms in total. The maximum atomic E-state index is 14.6. The second-order valence-corrected chi connectivity index (χ2v) is 8.30. The fourth-order valence-corrected chi connectivity index (χ4v) is 3.63. The molecule has 1 N–H and O–H groups in total. The summed E-state index contributed by atoms with van der Waals surface area (Å²) in [5.74, 6) is -1.40. The van der Waals surface area contributed by atoms with Crippen LogP contribution >= 0.6 is 0 Å². The third kappa shape index (κ3) is 7.20. The van der Waals surface area contributed by atoms with Gasteiger partial charge in [0.1, 0.15) is 6.61 Å². The topological polar surface area (TPSA) is 96.4 Å². The zero-order valence-corrected chi connectivity index (χ0v) is 19.5. The molecule has 1 fully saturated rings. The number of nitrogens with one attached hydrogen (secondary N) is 1. The van der Waals surface area contributed by atoms with Crippen molar-refractivity contribution in [3.63, 3.8) is 0 Å². The summed E-state index contributed by atoms with van der Waals surface area (Å²) >= 11 is 0. The van der Waals surface area contributed by atoms with Crippen molar-refractivity contribution in [2.24, 2.45) is 0 Å². The van der Waals surface area contributed by atoms with E-state index in [2.05, 4.69) is 42.1 Å². The average molecular weight is 484 g/mol. The number of carbonyl (C=O) groups is 1. The third-order valence-corrected chi connectivity index (χ3v) is 5.70. The van der Waals surface area contributed by atoms with Crippen molar-refractivity contribution in [3.8, 4) is 17.1 Å². The number of hydrogen-bond acceptors (Lipinski definition) is 8. The molecule has 0 unspecified atom stereocenters. The highest BCUT2D eigenvalue weighted by Gasteiger charge is 2.15. The van der Waals surface area contributed by atoms with Gasteiger partial charge in [0.2, 0.25) is 17.8 Å². The van der Waals surface area contributed by atoms with Crippen LogP contribution in [-0.4, -0.2) is 82.0 Å². The molecule has 1 amide bonds. The minimum Gasteiger partial charge on any atom is -0.462 e. The summed E-state index contributed by atoms with van der Waals surface area (Å²) < 4.78 is 33.2. The molecule has 184 valence electrons. The Morgan fingerprint density at radius 3 is 2.54 bits per heavy atom. The number of piperazine rings is 1. The summed E-state index contributed by atoms with van der Waals surface area (Å²) in [4.78, 5) is 32.2. The van der Waals surface area contributed by atoms with Crippen LogP contribution in [0.25, 0.3) is 11.1 Å². The van der Waals surface area contributed by atoms with E-state index < -0.39 is 11.9 Å². The second-order valence-electron chi connectivity index (χ2n) is 8.30. The van der Waals surface area contributed by atoms with Crippen LogP contribution in [0.3, 0.4) is 0 Å². The number of amides is 1. The van der Waals surface area contributed by atoms with E-state index >= 15 is 0 Å². The van der Waals surface area contributed by atoms with Gasteiger partial charge >= 0.3 is 6.01 Å². The molecule has 0 radical (unpaired) electrons. The van der Waals surface area contributed by atoms with Gasteiger partial charge in [-0.05, 0) is 18.2 Å². The number of rotatable bonds is 9. The first-order chi connectivity index (χ1) is 17.0. The highest BCUT2D eigenvalue weighted by molar-refractivity contribution is 5.78. The van der Waals surface area contributed by atoms with Crippen molar-refractivity contribution in [1.82, 2.24) is 35.1 Å². The lowest BCUT2D eigenvalue weighted by atomic mass is 10.0. The van der Waals surface area contributed by atoms with Gasteiger partial charge in [-0.1, -0.05) is 24.3 Å². The van der Waals surface area contributed by atoms with Crippen LogP contribution in [0.4, 0.5) is 8.78 Å². The normalized spacial score (nSPS) is 14.6. The van der Waals surface area contributed by atoms with Gasteiger partial charge in [-0.25, -0.2) is 15.0 Å². The summed E-state index contributed by atoms with van der Waals surface area (Å²) in [6.07, 6.45) is 2.79. The van der Waals surface area contributed by atoms with Crippen LogP contribution in [0.1, 0.15) is 11.4 Å². The number of hydrogen-bond donors (Lipinski definition) is 1. The van der Waals surface area contributed by atoms with Crippen LogP contribution in [-0.2, 0) is 17.8 Å². The smallest absolute Gasteiger partial charge is 0.319 e. The quantitative estimate of drug-likeness (QED) is 0.460. The summed E-state index contributed by atoms with van der Waals surface area (Å²) in [6, 6.07) is 8.01. The van der Waals surface area contributed by atoms with Crippen molar-refractivity contribution >= 4 is 5.91 Å². The Morgan fingerprint density at radius 1 is 1.06 bits per heavy atom. The van der Waals surface area contributed by atoms with Gasteiger partial charge < -0.3 is 15.0 Å². The number of likely N-dealkylation sites (N-methyl/N-ethyl adjacent to an activating group) is 1. The Labute approximate surface area is 202 Å². The predicted octanol–water partition coefficient (Wildman–Crippen LogP) is 1.70. The number of benzene rings is 1. The van der Waals surface area contributed by atoms with Crippen LogP contribution < -0.4 is 10.1 Å². The molecular weight excluding hydrogens is 456 g/mol. The molecule has 4 rings (SSSR count). The van der Waals surface area contributed by atoms with Crippen molar-refractivity contribution in [3.05, 3.63) is 66.0 Å². The van der Waals surface area contributed by atoms with E-state index in [1.807, 2.05) is 0 Å². The maximum Gasteiger partial charge on any atom is 0.319 e. The molecule has 35 heavy (non-hydrogen) atoms. The van der Waals surface area contributed by atoms with Gasteiger partial charge in [-0.2, -0.15) is 13.8 Å². The van der Waals surface area contributed by atoms with Crippen LogP contribution in [0, 0.1) is 11.9 Å². The Kier molecular flexibility index (Phi) is 8.22. The predicted molar refractivity (Wildman–Crippen MR) is 124 cm³/mol. The minimum atomic E-state index is -0.671. The maximum absolute atomic E-state index is 14.6. The van der Waals surface area contributed by atoms with E-state index in [-0.39, 0.29) is 36.3 Å². The summed E-state index contributed by atoms with van der Waals surface area (Å²) in [5.41, 5.74) is 1.57. The van der Waals surface area contributed by atoms with Gasteiger partial charge in [-0.3, -0.25) is 9.69 Å². The second kappa shape index (κ2) is 11.7. The number of aromatic nitrogens is 4. The Balaban J connectivity index is 1.26. The van der Waals surface area contributed by atoms with Crippen LogP contribution in [0.5, 0.6) is 6.01 Å². The highest BCUT2D eigenvalue weighted by atomic mass is 19.1. The van der Waals surface area contributed by atoms with Crippen molar-refractivity contribution < 1.29 is 18.3 Å². The molecule has 1 aliphatic heterocycles. The largest absolute Gasteiger partial charge is 0.462 e. The molecule has 0 spiro atoms. The summed E-state index contributed by atoms with van der Waals surface area (Å²) in [7, 11) is 2.10. The molecule has 1 aromatic carbocycles. The fourth-order valence-electron chi connectivity index (χ4n) is 3.63. The van der Waals surface area contributed by atoms with E-state index in [9.17, 15) is 13.6 Å². The van der Waals surface area contributed by atoms with E-state index in [0.29, 0.717) is 12.2 Å². The molecule has 0 atom stereocenters. The van der Waals surface area contributed by atoms with Crippen molar-refractivity contribution in [2.45, 2.75) is 13.0 Å². The zero-order chi connectivity index (χ0) is 24.6. The first-order valence-corrected chi connectivity index (χ1v) is 11.4. The number of nitrogens with zero attached hydrogens (tertiary/aromatic N) is 6. The zero-order valence-electron chi connectivity index (χ0n) is 19.5. The molecule has 0 bridgehead atoms. The molecule has 1 aliphatic rings. The fraction of sp³-hybridized carbons (Fsp3) is 0.375. The van der Waals surface area contributed by atoms with E-state index in [4.69, 9.17) is 4.74 Å². The Bertz CT molecular complexity index is 1140. The van der Waals surface area contributed by atoms with Gasteiger partial charge in [0.05, 0.1) is 18.5 Å². The van der Waals surface area contributed by atoms with E-state index in [1.54, 1.807) is 24.3 Å². The van der Waals surface area contributed by atoms with Crippen LogP contribution in [0.15, 0.2) is 42.7 Å². The number of carbonyl (C=O) groups excluding carboxylic acids is 1. The lowest BCUT2D eigenvalue weighted by Crippen LogP contribution is -2.45. The third-order valence-electron chi connectivity index (χ3n) is 5.70. The van der Waals surface area contributed by atoms with Crippen molar-refractivity contribution in [1.29, 1.82) is 0 Å². The summed E-state index contributed by atoms with van der Waals surface area (Å²) in [6.45, 7) is 5.16. The average Bonchev–Trinajstić information content (AvgIpc) is 2.85. The molecule has 3 aromatic rings. The molecule has 2 aromatic heterocycles. The first-order valence-electron chi connectivity index (χ1n) is 11.4. The Hall–Kier alpha value is -3.57. The number of halogens is 2. The molecule has 0 saturated carbocycles. The molecule has 11 heteroatoms. The molecule has 1 saturated heterocycles. The SMILES string of the molecule is CN1CCN(CCOc2ncc(-c3ccc(CC(=O)NCc4nccc(F)n4)cc3)c(F)n2)CC1. The minimum absolute atomic E-state index is 0.0101. The molecule has 3 heterocycles. The lowest BCUT2D eigenvalue weighted by Gasteiger charge is -2.31. The van der Waals surface area contributed by atoms with E-state index in [1.165, 1.54) is 12.4 Å². The van der Waals surface area contributed by atoms with Gasteiger partial charge in [0.15, 0.2) is 5.82 Å². The van der Waals surface area contributed by atoms with Gasteiger partial charge in [-0.15, -0.1) is 0 Å². The number of ether oxygens (including phenoxy) is 1. The van der Waals surface area contributed by atoms with Gasteiger partial charge in [0.25, 0.3) is 0 Å². The monoisotopic (exact) mass is 483 g/mol.